The van der Waals surface area contributed by atoms with Gasteiger partial charge in [-0.3, -0.25) is 9.69 Å². The second kappa shape index (κ2) is 7.75. The number of carbonyl (C=O) groups is 1. The van der Waals surface area contributed by atoms with E-state index in [1.807, 2.05) is 30.3 Å². The van der Waals surface area contributed by atoms with Gasteiger partial charge in [-0.25, -0.2) is 0 Å². The Morgan fingerprint density at radius 1 is 1.07 bits per heavy atom. The van der Waals surface area contributed by atoms with Crippen LogP contribution in [0.25, 0.3) is 0 Å². The van der Waals surface area contributed by atoms with Gasteiger partial charge in [0.05, 0.1) is 19.3 Å². The van der Waals surface area contributed by atoms with Gasteiger partial charge in [0.25, 0.3) is 0 Å². The van der Waals surface area contributed by atoms with Crippen molar-refractivity contribution < 1.29 is 19.0 Å². The van der Waals surface area contributed by atoms with E-state index in [0.717, 1.165) is 43.3 Å². The van der Waals surface area contributed by atoms with Crippen LogP contribution in [0.15, 0.2) is 42.5 Å². The van der Waals surface area contributed by atoms with E-state index in [1.165, 1.54) is 0 Å². The molecule has 0 spiro atoms. The lowest BCUT2D eigenvalue weighted by molar-refractivity contribution is -0.117. The number of amides is 1. The van der Waals surface area contributed by atoms with E-state index < -0.39 is 0 Å². The van der Waals surface area contributed by atoms with Crippen LogP contribution in [0.5, 0.6) is 17.2 Å². The molecule has 2 aromatic carbocycles. The SMILES string of the molecule is COc1ccccc1N1CCN(CC(=O)Nc2ccc3c(c2)OCO3)CC1. The number of nitrogens with one attached hydrogen (secondary N) is 1. The Bertz CT molecular complexity index is 819. The Hall–Kier alpha value is -2.93. The molecule has 0 atom stereocenters. The van der Waals surface area contributed by atoms with E-state index in [2.05, 4.69) is 21.2 Å². The summed E-state index contributed by atoms with van der Waals surface area (Å²) in [5, 5.41) is 2.93. The number of ether oxygens (including phenoxy) is 3. The van der Waals surface area contributed by atoms with Gasteiger partial charge in [0.1, 0.15) is 5.75 Å². The molecule has 0 radical (unpaired) electrons. The van der Waals surface area contributed by atoms with Gasteiger partial charge in [0.2, 0.25) is 12.7 Å². The largest absolute Gasteiger partial charge is 0.495 e. The highest BCUT2D eigenvalue weighted by molar-refractivity contribution is 5.92. The smallest absolute Gasteiger partial charge is 0.238 e. The molecule has 1 N–H and O–H groups in total. The van der Waals surface area contributed by atoms with E-state index in [9.17, 15) is 4.79 Å². The maximum Gasteiger partial charge on any atom is 0.238 e. The molecular weight excluding hydrogens is 346 g/mol. The Balaban J connectivity index is 1.29. The molecule has 2 aliphatic rings. The first-order valence-corrected chi connectivity index (χ1v) is 9.03. The van der Waals surface area contributed by atoms with Crippen molar-refractivity contribution in [3.05, 3.63) is 42.5 Å². The number of methoxy groups -OCH3 is 1. The van der Waals surface area contributed by atoms with Crippen molar-refractivity contribution in [1.29, 1.82) is 0 Å². The zero-order valence-electron chi connectivity index (χ0n) is 15.3. The molecule has 1 amide bonds. The van der Waals surface area contributed by atoms with Gasteiger partial charge in [0, 0.05) is 37.9 Å². The van der Waals surface area contributed by atoms with Gasteiger partial charge in [-0.05, 0) is 24.3 Å². The van der Waals surface area contributed by atoms with Crippen LogP contribution in [0, 0.1) is 0 Å². The van der Waals surface area contributed by atoms with E-state index in [0.29, 0.717) is 18.0 Å². The molecule has 0 aromatic heterocycles. The first-order chi connectivity index (χ1) is 13.2. The number of rotatable bonds is 5. The Morgan fingerprint density at radius 2 is 1.85 bits per heavy atom. The summed E-state index contributed by atoms with van der Waals surface area (Å²) < 4.78 is 16.1. The van der Waals surface area contributed by atoms with Crippen molar-refractivity contribution in [2.24, 2.45) is 0 Å². The number of fused-ring (bicyclic) bond motifs is 1. The first kappa shape index (κ1) is 17.5. The highest BCUT2D eigenvalue weighted by Gasteiger charge is 2.21. The first-order valence-electron chi connectivity index (χ1n) is 9.03. The van der Waals surface area contributed by atoms with Gasteiger partial charge in [-0.2, -0.15) is 0 Å². The van der Waals surface area contributed by atoms with E-state index in [-0.39, 0.29) is 12.7 Å². The number of benzene rings is 2. The summed E-state index contributed by atoms with van der Waals surface area (Å²) in [6, 6.07) is 13.5. The molecule has 0 bridgehead atoms. The number of para-hydroxylation sites is 2. The number of hydrogen-bond donors (Lipinski definition) is 1. The topological polar surface area (TPSA) is 63.3 Å². The van der Waals surface area contributed by atoms with Crippen LogP contribution in [0.3, 0.4) is 0 Å². The predicted molar refractivity (Wildman–Crippen MR) is 103 cm³/mol. The fraction of sp³-hybridized carbons (Fsp3) is 0.350. The lowest BCUT2D eigenvalue weighted by Gasteiger charge is -2.36. The fourth-order valence-corrected chi connectivity index (χ4v) is 3.42. The number of carbonyl (C=O) groups excluding carboxylic acids is 1. The summed E-state index contributed by atoms with van der Waals surface area (Å²) in [5.41, 5.74) is 1.82. The van der Waals surface area contributed by atoms with E-state index in [1.54, 1.807) is 13.2 Å². The summed E-state index contributed by atoms with van der Waals surface area (Å²) >= 11 is 0. The molecule has 2 heterocycles. The monoisotopic (exact) mass is 369 g/mol. The van der Waals surface area contributed by atoms with Gasteiger partial charge in [-0.15, -0.1) is 0 Å². The third-order valence-electron chi connectivity index (χ3n) is 4.82. The number of anilines is 2. The molecule has 0 aliphatic carbocycles. The average Bonchev–Trinajstić information content (AvgIpc) is 3.16. The second-order valence-electron chi connectivity index (χ2n) is 6.55. The third kappa shape index (κ3) is 3.93. The van der Waals surface area contributed by atoms with Crippen molar-refractivity contribution in [3.63, 3.8) is 0 Å². The molecular formula is C20H23N3O4. The Kier molecular flexibility index (Phi) is 5.02. The maximum absolute atomic E-state index is 12.4. The van der Waals surface area contributed by atoms with Gasteiger partial charge in [0.15, 0.2) is 11.5 Å². The van der Waals surface area contributed by atoms with Crippen molar-refractivity contribution in [3.8, 4) is 17.2 Å². The summed E-state index contributed by atoms with van der Waals surface area (Å²) in [6.45, 7) is 3.96. The second-order valence-corrected chi connectivity index (χ2v) is 6.55. The van der Waals surface area contributed by atoms with Gasteiger partial charge in [-0.1, -0.05) is 12.1 Å². The van der Waals surface area contributed by atoms with Crippen molar-refractivity contribution in [2.45, 2.75) is 0 Å². The Morgan fingerprint density at radius 3 is 2.67 bits per heavy atom. The minimum absolute atomic E-state index is 0.0281. The van der Waals surface area contributed by atoms with Crippen LogP contribution in [0.1, 0.15) is 0 Å². The highest BCUT2D eigenvalue weighted by Crippen LogP contribution is 2.34. The lowest BCUT2D eigenvalue weighted by atomic mass is 10.2. The summed E-state index contributed by atoms with van der Waals surface area (Å²) in [7, 11) is 1.69. The molecule has 27 heavy (non-hydrogen) atoms. The highest BCUT2D eigenvalue weighted by atomic mass is 16.7. The summed E-state index contributed by atoms with van der Waals surface area (Å²) in [5.74, 6) is 2.23. The summed E-state index contributed by atoms with van der Waals surface area (Å²) in [6.07, 6.45) is 0. The standard InChI is InChI=1S/C20H23N3O4/c1-25-17-5-3-2-4-16(17)23-10-8-22(9-11-23)13-20(24)21-15-6-7-18-19(12-15)27-14-26-18/h2-7,12H,8-11,13-14H2,1H3,(H,21,24). The summed E-state index contributed by atoms with van der Waals surface area (Å²) in [4.78, 5) is 16.8. The van der Waals surface area contributed by atoms with Crippen molar-refractivity contribution in [2.75, 3.05) is 56.8 Å². The zero-order chi connectivity index (χ0) is 18.6. The minimum Gasteiger partial charge on any atom is -0.495 e. The van der Waals surface area contributed by atoms with Crippen LogP contribution >= 0.6 is 0 Å². The molecule has 0 unspecified atom stereocenters. The minimum atomic E-state index is -0.0281. The molecule has 7 nitrogen and oxygen atoms in total. The molecule has 1 saturated heterocycles. The van der Waals surface area contributed by atoms with Crippen LogP contribution in [-0.2, 0) is 4.79 Å². The molecule has 4 rings (SSSR count). The Labute approximate surface area is 158 Å². The molecule has 1 fully saturated rings. The fourth-order valence-electron chi connectivity index (χ4n) is 3.42. The van der Waals surface area contributed by atoms with Gasteiger partial charge >= 0.3 is 0 Å². The molecule has 0 saturated carbocycles. The molecule has 7 heteroatoms. The van der Waals surface area contributed by atoms with E-state index >= 15 is 0 Å². The maximum atomic E-state index is 12.4. The quantitative estimate of drug-likeness (QED) is 0.872. The third-order valence-corrected chi connectivity index (χ3v) is 4.82. The number of hydrogen-bond acceptors (Lipinski definition) is 6. The van der Waals surface area contributed by atoms with Crippen LogP contribution < -0.4 is 24.4 Å². The van der Waals surface area contributed by atoms with Gasteiger partial charge < -0.3 is 24.4 Å². The predicted octanol–water partition coefficient (Wildman–Crippen LogP) is 2.18. The molecule has 142 valence electrons. The lowest BCUT2D eigenvalue weighted by Crippen LogP contribution is -2.48. The van der Waals surface area contributed by atoms with Crippen molar-refractivity contribution >= 4 is 17.3 Å². The number of piperazine rings is 1. The zero-order valence-corrected chi connectivity index (χ0v) is 15.3. The number of nitrogens with zero attached hydrogens (tertiary/aromatic N) is 2. The van der Waals surface area contributed by atoms with Crippen LogP contribution in [-0.4, -0.2) is 57.4 Å². The van der Waals surface area contributed by atoms with Crippen LogP contribution in [0.4, 0.5) is 11.4 Å². The van der Waals surface area contributed by atoms with Crippen LogP contribution in [0.2, 0.25) is 0 Å². The van der Waals surface area contributed by atoms with E-state index in [4.69, 9.17) is 14.2 Å². The molecule has 2 aromatic rings. The normalized spacial score (nSPS) is 16.3. The average molecular weight is 369 g/mol. The molecule has 2 aliphatic heterocycles. The van der Waals surface area contributed by atoms with Crippen molar-refractivity contribution in [1.82, 2.24) is 4.90 Å².